The summed E-state index contributed by atoms with van der Waals surface area (Å²) < 4.78 is 12.4. The van der Waals surface area contributed by atoms with Gasteiger partial charge in [0, 0.05) is 83.9 Å². The third-order valence-electron chi connectivity index (χ3n) is 15.7. The van der Waals surface area contributed by atoms with Crippen LogP contribution in [-0.2, 0) is 32.3 Å². The van der Waals surface area contributed by atoms with Crippen molar-refractivity contribution in [2.24, 2.45) is 23.5 Å². The second-order valence-electron chi connectivity index (χ2n) is 20.6. The molecule has 11 N–H and O–H groups in total. The number of benzene rings is 3. The minimum atomic E-state index is -0.915. The largest absolute Gasteiger partial charge is 0.504 e. The fourth-order valence-corrected chi connectivity index (χ4v) is 12.0. The van der Waals surface area contributed by atoms with Crippen molar-refractivity contribution in [3.63, 3.8) is 0 Å². The Morgan fingerprint density at radius 2 is 1.78 bits per heavy atom. The van der Waals surface area contributed by atoms with Crippen LogP contribution in [0.15, 0.2) is 77.4 Å². The SMILES string of the molecule is CNC[C@H](NC[C@H](C)O)[C@@H]1c2cc([C@@H](O)COc3cc(CCc4cc(CO)c(CCCCCC[C@H](N)C[C@H]5C=Cc6c(ccc7cc8[nH]ccc8cc67)[C@@H]5O)o4)ccc3O)[nH]c2CC[C@H]2CCC[C@@H]21. The van der Waals surface area contributed by atoms with Crippen LogP contribution in [-0.4, -0.2) is 80.4 Å². The Morgan fingerprint density at radius 1 is 0.913 bits per heavy atom. The van der Waals surface area contributed by atoms with Crippen molar-refractivity contribution in [3.05, 3.63) is 124 Å². The molecule has 0 aliphatic heterocycles. The number of phenolic OH excluding ortho intramolecular Hbond substituents is 1. The standard InChI is InChI=1S/C57H75N5O7/c1-34(64)30-61-51(31-59-2)56-43-10-7-8-36(43)16-20-48-47(56)29-50(62-48)53(66)33-68-55-24-35(13-21-52(55)65)12-17-42-26-40(32-63)54(69-42)11-6-4-3-5-9-41(58)25-39-15-18-44-45(57(39)67)19-14-37-28-49-38(22-23-60-49)27-46(37)44/h13-15,18-19,21-24,26-29,34,36,39,41,43,51,53,56-57,59-67H,3-12,16-17,20,25,30-33,58H2,1-2H3/t34-,36+,39+,41-,43-,51-,53-,56-,57+/m0/s1. The lowest BCUT2D eigenvalue weighted by atomic mass is 9.76. The van der Waals surface area contributed by atoms with Crippen molar-refractivity contribution in [1.29, 1.82) is 0 Å². The van der Waals surface area contributed by atoms with Gasteiger partial charge >= 0.3 is 0 Å². The van der Waals surface area contributed by atoms with Crippen LogP contribution in [0.2, 0.25) is 0 Å². The van der Waals surface area contributed by atoms with E-state index in [0.29, 0.717) is 37.0 Å². The highest BCUT2D eigenvalue weighted by molar-refractivity contribution is 6.01. The Hall–Kier alpha value is -4.92. The summed E-state index contributed by atoms with van der Waals surface area (Å²) in [6.07, 6.45) is 17.8. The molecule has 0 saturated heterocycles. The number of hydrogen-bond donors (Lipinski definition) is 10. The van der Waals surface area contributed by atoms with Crippen molar-refractivity contribution < 1.29 is 34.7 Å². The molecule has 0 unspecified atom stereocenters. The number of aromatic nitrogens is 2. The van der Waals surface area contributed by atoms with Gasteiger partial charge in [0.2, 0.25) is 0 Å². The highest BCUT2D eigenvalue weighted by Crippen LogP contribution is 2.49. The zero-order valence-corrected chi connectivity index (χ0v) is 40.6. The lowest BCUT2D eigenvalue weighted by Crippen LogP contribution is -2.47. The number of fused-ring (bicyclic) bond motifs is 6. The van der Waals surface area contributed by atoms with E-state index in [0.717, 1.165) is 120 Å². The summed E-state index contributed by atoms with van der Waals surface area (Å²) >= 11 is 0. The molecule has 3 heterocycles. The van der Waals surface area contributed by atoms with E-state index in [-0.39, 0.29) is 42.9 Å². The Morgan fingerprint density at radius 3 is 2.62 bits per heavy atom. The molecular formula is C57H75N5O7. The van der Waals surface area contributed by atoms with E-state index < -0.39 is 18.3 Å². The molecule has 6 aromatic rings. The molecule has 3 aliphatic carbocycles. The molecule has 12 nitrogen and oxygen atoms in total. The third-order valence-corrected chi connectivity index (χ3v) is 15.7. The quantitative estimate of drug-likeness (QED) is 0.0276. The van der Waals surface area contributed by atoms with Gasteiger partial charge in [-0.1, -0.05) is 62.5 Å². The molecule has 3 aromatic heterocycles. The average Bonchev–Trinajstić information content (AvgIpc) is 4.17. The van der Waals surface area contributed by atoms with Gasteiger partial charge in [-0.05, 0) is 146 Å². The molecule has 370 valence electrons. The third kappa shape index (κ3) is 11.3. The van der Waals surface area contributed by atoms with Crippen LogP contribution < -0.4 is 21.1 Å². The second kappa shape index (κ2) is 22.4. The number of phenols is 1. The molecule has 9 rings (SSSR count). The van der Waals surface area contributed by atoms with Crippen LogP contribution in [0.1, 0.15) is 140 Å². The van der Waals surface area contributed by atoms with E-state index in [1.807, 2.05) is 38.4 Å². The van der Waals surface area contributed by atoms with Gasteiger partial charge in [-0.25, -0.2) is 0 Å². The number of furan rings is 1. The van der Waals surface area contributed by atoms with Crippen LogP contribution in [0.5, 0.6) is 11.5 Å². The smallest absolute Gasteiger partial charge is 0.161 e. The molecule has 1 fully saturated rings. The molecule has 9 atom stereocenters. The van der Waals surface area contributed by atoms with Gasteiger partial charge < -0.3 is 61.0 Å². The van der Waals surface area contributed by atoms with Crippen LogP contribution in [0.3, 0.4) is 0 Å². The minimum Gasteiger partial charge on any atom is -0.504 e. The molecule has 0 spiro atoms. The Kier molecular flexibility index (Phi) is 16.0. The summed E-state index contributed by atoms with van der Waals surface area (Å²) in [5.74, 6) is 3.45. The number of nitrogens with one attached hydrogen (secondary N) is 4. The molecule has 0 bridgehead atoms. The summed E-state index contributed by atoms with van der Waals surface area (Å²) in [6, 6.07) is 20.2. The predicted molar refractivity (Wildman–Crippen MR) is 273 cm³/mol. The molecule has 1 saturated carbocycles. The zero-order chi connectivity index (χ0) is 48.0. The number of aryl methyl sites for hydroxylation is 4. The van der Waals surface area contributed by atoms with Gasteiger partial charge in [-0.3, -0.25) is 0 Å². The van der Waals surface area contributed by atoms with Crippen molar-refractivity contribution in [1.82, 2.24) is 20.6 Å². The van der Waals surface area contributed by atoms with Crippen LogP contribution in [0, 0.1) is 17.8 Å². The number of aliphatic hydroxyl groups excluding tert-OH is 4. The molecule has 3 aliphatic rings. The van der Waals surface area contributed by atoms with Crippen LogP contribution in [0.25, 0.3) is 27.8 Å². The van der Waals surface area contributed by atoms with Gasteiger partial charge in [0.15, 0.2) is 11.5 Å². The maximum absolute atomic E-state index is 11.5. The first-order chi connectivity index (χ1) is 33.6. The maximum Gasteiger partial charge on any atom is 0.161 e. The monoisotopic (exact) mass is 942 g/mol. The number of aromatic amines is 2. The normalized spacial score (nSPS) is 21.8. The number of hydrogen-bond acceptors (Lipinski definition) is 10. The van der Waals surface area contributed by atoms with E-state index in [4.69, 9.17) is 14.9 Å². The molecule has 0 amide bonds. The van der Waals surface area contributed by atoms with Crippen molar-refractivity contribution >= 4 is 27.8 Å². The lowest BCUT2D eigenvalue weighted by Gasteiger charge is -2.35. The minimum absolute atomic E-state index is 0.00733. The number of likely N-dealkylation sites (N-methyl/N-ethyl adjacent to an activating group) is 1. The van der Waals surface area contributed by atoms with Gasteiger partial charge in [0.05, 0.1) is 18.8 Å². The first-order valence-corrected chi connectivity index (χ1v) is 25.8. The average molecular weight is 942 g/mol. The Bertz CT molecular complexity index is 2660. The molecule has 3 aromatic carbocycles. The summed E-state index contributed by atoms with van der Waals surface area (Å²) in [5, 5.41) is 64.5. The summed E-state index contributed by atoms with van der Waals surface area (Å²) in [6.45, 7) is 3.03. The predicted octanol–water partition coefficient (Wildman–Crippen LogP) is 8.93. The van der Waals surface area contributed by atoms with Gasteiger partial charge in [-0.15, -0.1) is 0 Å². The summed E-state index contributed by atoms with van der Waals surface area (Å²) in [4.78, 5) is 6.87. The van der Waals surface area contributed by atoms with Crippen molar-refractivity contribution in [2.75, 3.05) is 26.7 Å². The van der Waals surface area contributed by atoms with Gasteiger partial charge in [0.1, 0.15) is 24.2 Å². The number of nitrogens with two attached hydrogens (primary N) is 1. The number of aromatic hydroxyl groups is 1. The van der Waals surface area contributed by atoms with Crippen molar-refractivity contribution in [2.45, 2.75) is 140 Å². The van der Waals surface area contributed by atoms with E-state index in [1.54, 1.807) is 6.07 Å². The number of ether oxygens (including phenoxy) is 1. The summed E-state index contributed by atoms with van der Waals surface area (Å²) in [7, 11) is 1.98. The fraction of sp³-hybridized carbons (Fsp3) is 0.509. The van der Waals surface area contributed by atoms with Gasteiger partial charge in [-0.2, -0.15) is 0 Å². The van der Waals surface area contributed by atoms with E-state index in [1.165, 1.54) is 35.9 Å². The molecule has 0 radical (unpaired) electrons. The number of unbranched alkanes of at least 4 members (excludes halogenated alkanes) is 3. The number of H-pyrrole nitrogens is 2. The van der Waals surface area contributed by atoms with E-state index >= 15 is 0 Å². The number of rotatable bonds is 23. The second-order valence-corrected chi connectivity index (χ2v) is 20.6. The fourth-order valence-electron chi connectivity index (χ4n) is 12.0. The Balaban J connectivity index is 0.726. The highest BCUT2D eigenvalue weighted by atomic mass is 16.5. The van der Waals surface area contributed by atoms with Crippen LogP contribution >= 0.6 is 0 Å². The van der Waals surface area contributed by atoms with E-state index in [9.17, 15) is 25.5 Å². The first kappa shape index (κ1) is 49.1. The topological polar surface area (TPSA) is 205 Å². The Labute approximate surface area is 406 Å². The van der Waals surface area contributed by atoms with E-state index in [2.05, 4.69) is 69.2 Å². The summed E-state index contributed by atoms with van der Waals surface area (Å²) in [5.41, 5.74) is 14.8. The molecule has 69 heavy (non-hydrogen) atoms. The zero-order valence-electron chi connectivity index (χ0n) is 40.6. The highest BCUT2D eigenvalue weighted by Gasteiger charge is 2.42. The van der Waals surface area contributed by atoms with Gasteiger partial charge in [0.25, 0.3) is 0 Å². The number of aliphatic hydroxyl groups is 4. The maximum atomic E-state index is 11.5. The first-order valence-electron chi connectivity index (χ1n) is 25.8. The van der Waals surface area contributed by atoms with Crippen LogP contribution in [0.4, 0.5) is 0 Å². The lowest BCUT2D eigenvalue weighted by molar-refractivity contribution is 0.103. The molecule has 12 heteroatoms. The molecular weight excluding hydrogens is 867 g/mol. The van der Waals surface area contributed by atoms with Crippen molar-refractivity contribution in [3.8, 4) is 11.5 Å².